The zero-order chi connectivity index (χ0) is 25.6. The number of carbonyl (C=O) groups excluding carboxylic acids is 1. The van der Waals surface area contributed by atoms with E-state index in [4.69, 9.17) is 13.7 Å². The maximum absolute atomic E-state index is 12.3. The number of rotatable bonds is 23. The van der Waals surface area contributed by atoms with Crippen LogP contribution in [-0.4, -0.2) is 52.7 Å². The molecule has 1 fully saturated rings. The van der Waals surface area contributed by atoms with Crippen LogP contribution in [0, 0.1) is 0 Å². The molecular formula is C26H50O6PS2+. The van der Waals surface area contributed by atoms with E-state index in [-0.39, 0.29) is 12.7 Å². The van der Waals surface area contributed by atoms with Crippen molar-refractivity contribution in [3.05, 3.63) is 0 Å². The van der Waals surface area contributed by atoms with E-state index in [0.29, 0.717) is 17.6 Å². The van der Waals surface area contributed by atoms with Gasteiger partial charge in [0, 0.05) is 23.4 Å². The second-order valence-corrected chi connectivity index (χ2v) is 12.5. The monoisotopic (exact) mass is 553 g/mol. The zero-order valence-electron chi connectivity index (χ0n) is 22.1. The molecule has 1 saturated carbocycles. The van der Waals surface area contributed by atoms with E-state index < -0.39 is 20.0 Å². The van der Waals surface area contributed by atoms with E-state index in [1.807, 2.05) is 11.8 Å². The first kappa shape index (κ1) is 33.2. The molecule has 0 spiro atoms. The summed E-state index contributed by atoms with van der Waals surface area (Å²) in [5.41, 5.74) is -2.44. The Labute approximate surface area is 224 Å². The quantitative estimate of drug-likeness (QED) is 0.0598. The fourth-order valence-corrected chi connectivity index (χ4v) is 6.33. The first-order valence-corrected chi connectivity index (χ1v) is 16.7. The van der Waals surface area contributed by atoms with Gasteiger partial charge in [-0.3, -0.25) is 4.74 Å². The van der Waals surface area contributed by atoms with Crippen molar-refractivity contribution in [1.29, 1.82) is 0 Å². The molecule has 0 heterocycles. The summed E-state index contributed by atoms with van der Waals surface area (Å²) in [5, 5.41) is 11.1. The molecule has 0 radical (unpaired) electrons. The van der Waals surface area contributed by atoms with Crippen LogP contribution in [0.3, 0.4) is 0 Å². The van der Waals surface area contributed by atoms with Crippen LogP contribution < -0.4 is 0 Å². The molecule has 9 heteroatoms. The van der Waals surface area contributed by atoms with Crippen LogP contribution in [0.2, 0.25) is 0 Å². The molecule has 0 aromatic carbocycles. The Bertz CT molecular complexity index is 536. The molecular weight excluding hydrogens is 503 g/mol. The summed E-state index contributed by atoms with van der Waals surface area (Å²) >= 11 is 2.87. The normalized spacial score (nSPS) is 17.3. The molecule has 35 heavy (non-hydrogen) atoms. The Hall–Kier alpha value is 0.150. The van der Waals surface area contributed by atoms with Crippen molar-refractivity contribution in [3.8, 4) is 0 Å². The van der Waals surface area contributed by atoms with Crippen LogP contribution in [0.15, 0.2) is 0 Å². The van der Waals surface area contributed by atoms with Crippen molar-refractivity contribution < 1.29 is 28.1 Å². The highest BCUT2D eigenvalue weighted by atomic mass is 32.2. The molecule has 3 unspecified atom stereocenters. The van der Waals surface area contributed by atoms with Gasteiger partial charge in [0.15, 0.2) is 0 Å². The predicted octanol–water partition coefficient (Wildman–Crippen LogP) is 7.65. The van der Waals surface area contributed by atoms with Gasteiger partial charge in [-0.25, -0.2) is 4.79 Å². The summed E-state index contributed by atoms with van der Waals surface area (Å²) in [7, 11) is -1.36. The molecule has 1 aliphatic rings. The molecule has 0 aromatic rings. The lowest BCUT2D eigenvalue weighted by Gasteiger charge is -2.25. The number of aliphatic hydroxyl groups is 1. The van der Waals surface area contributed by atoms with Crippen LogP contribution in [0.25, 0.3) is 0 Å². The Kier molecular flexibility index (Phi) is 21.0. The van der Waals surface area contributed by atoms with E-state index in [0.717, 1.165) is 49.9 Å². The van der Waals surface area contributed by atoms with Crippen LogP contribution in [0.1, 0.15) is 117 Å². The van der Waals surface area contributed by atoms with E-state index in [1.54, 1.807) is 0 Å². The van der Waals surface area contributed by atoms with Crippen molar-refractivity contribution >= 4 is 38.2 Å². The number of ether oxygens (including phenoxy) is 2. The highest BCUT2D eigenvalue weighted by Crippen LogP contribution is 2.30. The lowest BCUT2D eigenvalue weighted by atomic mass is 10.0. The number of unbranched alkanes of at least 4 members (excludes halogenated alkanes) is 9. The summed E-state index contributed by atoms with van der Waals surface area (Å²) < 4.78 is 28.3. The van der Waals surface area contributed by atoms with E-state index in [2.05, 4.69) is 13.8 Å². The van der Waals surface area contributed by atoms with E-state index >= 15 is 0 Å². The number of hydrogen-bond donors (Lipinski definition) is 1. The second kappa shape index (κ2) is 22.2. The van der Waals surface area contributed by atoms with Crippen molar-refractivity contribution in [2.75, 3.05) is 24.7 Å². The summed E-state index contributed by atoms with van der Waals surface area (Å²) in [6.07, 6.45) is 19.0. The highest BCUT2D eigenvalue weighted by Gasteiger charge is 2.50. The van der Waals surface area contributed by atoms with Gasteiger partial charge in [0.25, 0.3) is 0 Å². The van der Waals surface area contributed by atoms with Crippen molar-refractivity contribution in [1.82, 2.24) is 0 Å². The molecule has 3 atom stereocenters. The molecule has 6 nitrogen and oxygen atoms in total. The predicted molar refractivity (Wildman–Crippen MR) is 150 cm³/mol. The molecule has 0 aliphatic heterocycles. The largest absolute Gasteiger partial charge is 0.471 e. The van der Waals surface area contributed by atoms with Gasteiger partial charge < -0.3 is 14.0 Å². The van der Waals surface area contributed by atoms with Gasteiger partial charge in [-0.2, -0.15) is 11.8 Å². The smallest absolute Gasteiger partial charge is 0.384 e. The molecule has 1 aliphatic carbocycles. The maximum Gasteiger partial charge on any atom is 0.471 e. The number of hydrogen-bond acceptors (Lipinski definition) is 8. The Morgan fingerprint density at radius 3 is 2.26 bits per heavy atom. The Balaban J connectivity index is 2.44. The Morgan fingerprint density at radius 2 is 1.60 bits per heavy atom. The van der Waals surface area contributed by atoms with Crippen LogP contribution in [0.4, 0.5) is 0 Å². The van der Waals surface area contributed by atoms with Gasteiger partial charge >= 0.3 is 20.0 Å². The second-order valence-electron chi connectivity index (χ2n) is 9.52. The molecule has 206 valence electrons. The fraction of sp³-hybridized carbons (Fsp3) is 0.962. The minimum Gasteiger partial charge on any atom is -0.384 e. The van der Waals surface area contributed by atoms with Gasteiger partial charge in [-0.1, -0.05) is 95.5 Å². The molecule has 1 N–H and O–H groups in total. The lowest BCUT2D eigenvalue weighted by Crippen LogP contribution is -2.39. The first-order chi connectivity index (χ1) is 17.1. The molecule has 1 rings (SSSR count). The summed E-state index contributed by atoms with van der Waals surface area (Å²) in [4.78, 5) is 12.3. The van der Waals surface area contributed by atoms with Gasteiger partial charge in [0.05, 0.1) is 24.8 Å². The minimum atomic E-state index is -2.44. The topological polar surface area (TPSA) is 82.1 Å². The maximum atomic E-state index is 12.3. The standard InChI is InChI=1S/C26H49O6PS2/c1-3-5-7-8-9-10-11-15-19-30-23(22-34-24-17-13-12-14-18-24)21-31-26(28,33-29)25(27)32-35-20-16-6-4-2/h23-24,28H,3-22H2,1-2H3/p+1. The van der Waals surface area contributed by atoms with Crippen LogP contribution in [0.5, 0.6) is 0 Å². The third kappa shape index (κ3) is 16.6. The average molecular weight is 554 g/mol. The van der Waals surface area contributed by atoms with Crippen molar-refractivity contribution in [2.24, 2.45) is 0 Å². The zero-order valence-corrected chi connectivity index (χ0v) is 24.7. The van der Waals surface area contributed by atoms with Gasteiger partial charge in [0.1, 0.15) is 0 Å². The van der Waals surface area contributed by atoms with E-state index in [1.165, 1.54) is 70.6 Å². The van der Waals surface area contributed by atoms with Crippen molar-refractivity contribution in [2.45, 2.75) is 133 Å². The third-order valence-corrected chi connectivity index (χ3v) is 9.14. The number of carbonyl (C=O) groups is 1. The third-order valence-electron chi connectivity index (χ3n) is 6.28. The first-order valence-electron chi connectivity index (χ1n) is 13.9. The molecule has 0 saturated heterocycles. The van der Waals surface area contributed by atoms with Gasteiger partial charge in [-0.05, 0) is 25.7 Å². The van der Waals surface area contributed by atoms with Crippen LogP contribution in [-0.2, 0) is 23.0 Å². The fourth-order valence-electron chi connectivity index (χ4n) is 4.01. The van der Waals surface area contributed by atoms with Crippen LogP contribution >= 0.6 is 32.3 Å². The molecule has 0 bridgehead atoms. The SMILES string of the molecule is CCCCCCCCCCOC(COC(O)([PH+]=O)C(=O)OSCCCCC)CSC1CCCCC1. The van der Waals surface area contributed by atoms with E-state index in [9.17, 15) is 14.5 Å². The molecule has 0 amide bonds. The van der Waals surface area contributed by atoms with Gasteiger partial charge in [0.2, 0.25) is 0 Å². The summed E-state index contributed by atoms with van der Waals surface area (Å²) in [6.45, 7) is 4.97. The number of thioether (sulfide) groups is 1. The Morgan fingerprint density at radius 1 is 0.971 bits per heavy atom. The molecule has 0 aromatic heterocycles. The summed E-state index contributed by atoms with van der Waals surface area (Å²) in [6, 6.07) is 0. The summed E-state index contributed by atoms with van der Waals surface area (Å²) in [5.74, 6) is 0.370. The minimum absolute atomic E-state index is 0.0120. The van der Waals surface area contributed by atoms with Gasteiger partial charge in [-0.15, -0.1) is 0 Å². The lowest BCUT2D eigenvalue weighted by molar-refractivity contribution is -0.191. The highest BCUT2D eigenvalue weighted by molar-refractivity contribution is 7.99. The average Bonchev–Trinajstić information content (AvgIpc) is 2.88. The van der Waals surface area contributed by atoms with Crippen molar-refractivity contribution in [3.63, 3.8) is 0 Å².